The monoisotopic (exact) mass is 445 g/mol. The predicted octanol–water partition coefficient (Wildman–Crippen LogP) is 3.90. The summed E-state index contributed by atoms with van der Waals surface area (Å²) >= 11 is 6.04. The van der Waals surface area contributed by atoms with Crippen molar-refractivity contribution in [1.82, 2.24) is 15.1 Å². The van der Waals surface area contributed by atoms with E-state index in [0.29, 0.717) is 22.9 Å². The number of alkyl halides is 1. The molecule has 1 spiro atoms. The van der Waals surface area contributed by atoms with E-state index in [1.165, 1.54) is 12.1 Å². The molecule has 3 aliphatic heterocycles. The molecule has 2 saturated heterocycles. The number of rotatable bonds is 2. The fourth-order valence-electron chi connectivity index (χ4n) is 4.50. The Morgan fingerprint density at radius 3 is 2.81 bits per heavy atom. The Hall–Kier alpha value is -2.47. The molecule has 0 radical (unpaired) electrons. The summed E-state index contributed by atoms with van der Waals surface area (Å²) in [6.45, 7) is 2.67. The van der Waals surface area contributed by atoms with Crippen molar-refractivity contribution in [3.05, 3.63) is 40.3 Å². The van der Waals surface area contributed by atoms with Gasteiger partial charge in [-0.3, -0.25) is 10.00 Å². The maximum absolute atomic E-state index is 14.0. The summed E-state index contributed by atoms with van der Waals surface area (Å²) in [6, 6.07) is 4.38. The van der Waals surface area contributed by atoms with Gasteiger partial charge in [0.05, 0.1) is 22.9 Å². The quantitative estimate of drug-likeness (QED) is 0.688. The van der Waals surface area contributed by atoms with Gasteiger partial charge in [0.15, 0.2) is 11.5 Å². The summed E-state index contributed by atoms with van der Waals surface area (Å²) in [7, 11) is 0. The van der Waals surface area contributed by atoms with E-state index < -0.39 is 12.5 Å². The Bertz CT molecular complexity index is 1050. The van der Waals surface area contributed by atoms with Crippen LogP contribution in [0, 0.1) is 23.1 Å². The van der Waals surface area contributed by atoms with Crippen LogP contribution in [0.2, 0.25) is 5.02 Å². The van der Waals surface area contributed by atoms with Crippen molar-refractivity contribution < 1.29 is 13.5 Å². The fraction of sp³-hybridized carbons (Fsp3) is 0.455. The molecule has 0 aliphatic carbocycles. The molecular weight excluding hydrogens is 424 g/mol. The van der Waals surface area contributed by atoms with Crippen LogP contribution in [0.15, 0.2) is 23.2 Å². The van der Waals surface area contributed by atoms with Crippen molar-refractivity contribution in [2.24, 2.45) is 10.4 Å². The van der Waals surface area contributed by atoms with E-state index in [9.17, 15) is 8.78 Å². The van der Waals surface area contributed by atoms with E-state index in [-0.39, 0.29) is 22.2 Å². The molecule has 1 unspecified atom stereocenters. The van der Waals surface area contributed by atoms with E-state index in [4.69, 9.17) is 16.3 Å². The first kappa shape index (κ1) is 20.4. The van der Waals surface area contributed by atoms with Crippen LogP contribution < -0.4 is 5.32 Å². The van der Waals surface area contributed by atoms with Gasteiger partial charge in [0.25, 0.3) is 0 Å². The highest BCUT2D eigenvalue weighted by molar-refractivity contribution is 6.31. The summed E-state index contributed by atoms with van der Waals surface area (Å²) in [5.74, 6) is 5.60. The SMILES string of the molecule is FCC1=Nc2c(C#Cc3c(F)cccc3Cl)n[nH]c2NC1N1CCC2(CCOC2)CC1. The van der Waals surface area contributed by atoms with Gasteiger partial charge in [0.2, 0.25) is 0 Å². The van der Waals surface area contributed by atoms with E-state index in [1.54, 1.807) is 6.07 Å². The molecule has 0 saturated carbocycles. The van der Waals surface area contributed by atoms with Crippen LogP contribution in [0.1, 0.15) is 30.5 Å². The van der Waals surface area contributed by atoms with Gasteiger partial charge in [-0.15, -0.1) is 0 Å². The summed E-state index contributed by atoms with van der Waals surface area (Å²) < 4.78 is 33.5. The maximum Gasteiger partial charge on any atom is 0.163 e. The van der Waals surface area contributed by atoms with Crippen LogP contribution >= 0.6 is 11.6 Å². The Morgan fingerprint density at radius 1 is 1.26 bits per heavy atom. The number of anilines is 1. The number of aliphatic imine (C=N–C) groups is 1. The smallest absolute Gasteiger partial charge is 0.163 e. The van der Waals surface area contributed by atoms with Crippen LogP contribution in [-0.4, -0.2) is 60.0 Å². The third kappa shape index (κ3) is 3.82. The van der Waals surface area contributed by atoms with Crippen molar-refractivity contribution in [2.45, 2.75) is 25.4 Å². The lowest BCUT2D eigenvalue weighted by Gasteiger charge is -2.42. The van der Waals surface area contributed by atoms with Crippen LogP contribution in [0.5, 0.6) is 0 Å². The normalized spacial score (nSPS) is 22.4. The maximum atomic E-state index is 14.0. The zero-order valence-corrected chi connectivity index (χ0v) is 17.6. The van der Waals surface area contributed by atoms with E-state index in [0.717, 1.165) is 45.6 Å². The van der Waals surface area contributed by atoms with E-state index in [2.05, 4.69) is 37.2 Å². The minimum Gasteiger partial charge on any atom is -0.381 e. The van der Waals surface area contributed by atoms with Crippen LogP contribution in [0.3, 0.4) is 0 Å². The van der Waals surface area contributed by atoms with Gasteiger partial charge in [-0.1, -0.05) is 23.6 Å². The highest BCUT2D eigenvalue weighted by atomic mass is 35.5. The molecule has 6 nitrogen and oxygen atoms in total. The molecular formula is C22H22ClF2N5O. The number of hydrogen-bond donors (Lipinski definition) is 2. The highest BCUT2D eigenvalue weighted by Gasteiger charge is 2.41. The number of aromatic amines is 1. The topological polar surface area (TPSA) is 65.5 Å². The molecule has 0 amide bonds. The molecule has 2 N–H and O–H groups in total. The second kappa shape index (κ2) is 8.23. The molecule has 1 atom stereocenters. The minimum absolute atomic E-state index is 0.0930. The Balaban J connectivity index is 1.37. The largest absolute Gasteiger partial charge is 0.381 e. The predicted molar refractivity (Wildman–Crippen MR) is 115 cm³/mol. The molecule has 0 bridgehead atoms. The molecule has 5 rings (SSSR count). The van der Waals surface area contributed by atoms with E-state index >= 15 is 0 Å². The average molecular weight is 446 g/mol. The molecule has 2 aromatic rings. The van der Waals surface area contributed by atoms with Gasteiger partial charge in [-0.05, 0) is 42.7 Å². The van der Waals surface area contributed by atoms with Crippen molar-refractivity contribution in [1.29, 1.82) is 0 Å². The Morgan fingerprint density at radius 2 is 2.10 bits per heavy atom. The summed E-state index contributed by atoms with van der Waals surface area (Å²) in [5, 5.41) is 10.6. The molecule has 9 heteroatoms. The molecule has 2 fully saturated rings. The van der Waals surface area contributed by atoms with Gasteiger partial charge < -0.3 is 10.1 Å². The summed E-state index contributed by atoms with van der Waals surface area (Å²) in [4.78, 5) is 6.73. The average Bonchev–Trinajstić information content (AvgIpc) is 3.40. The second-order valence-electron chi connectivity index (χ2n) is 8.26. The van der Waals surface area contributed by atoms with Crippen LogP contribution in [0.25, 0.3) is 0 Å². The number of benzene rings is 1. The van der Waals surface area contributed by atoms with Crippen LogP contribution in [0.4, 0.5) is 20.3 Å². The number of hydrogen-bond acceptors (Lipinski definition) is 5. The number of fused-ring (bicyclic) bond motifs is 1. The lowest BCUT2D eigenvalue weighted by Crippen LogP contribution is -2.53. The molecule has 162 valence electrons. The molecule has 4 heterocycles. The van der Waals surface area contributed by atoms with Crippen molar-refractivity contribution in [3.63, 3.8) is 0 Å². The number of nitrogens with one attached hydrogen (secondary N) is 2. The first-order valence-electron chi connectivity index (χ1n) is 10.3. The Kier molecular flexibility index (Phi) is 5.42. The zero-order valence-electron chi connectivity index (χ0n) is 16.9. The number of halogens is 3. The molecule has 3 aliphatic rings. The fourth-order valence-corrected chi connectivity index (χ4v) is 4.71. The number of likely N-dealkylation sites (tertiary alicyclic amines) is 1. The van der Waals surface area contributed by atoms with Gasteiger partial charge in [-0.25, -0.2) is 13.8 Å². The van der Waals surface area contributed by atoms with Gasteiger partial charge in [-0.2, -0.15) is 5.10 Å². The zero-order chi connectivity index (χ0) is 21.4. The first-order chi connectivity index (χ1) is 15.1. The number of aromatic nitrogens is 2. The third-order valence-electron chi connectivity index (χ3n) is 6.41. The van der Waals surface area contributed by atoms with Gasteiger partial charge >= 0.3 is 0 Å². The lowest BCUT2D eigenvalue weighted by molar-refractivity contribution is 0.0755. The minimum atomic E-state index is -0.681. The lowest BCUT2D eigenvalue weighted by atomic mass is 9.78. The van der Waals surface area contributed by atoms with Gasteiger partial charge in [0, 0.05) is 19.7 Å². The second-order valence-corrected chi connectivity index (χ2v) is 8.67. The summed E-state index contributed by atoms with van der Waals surface area (Å²) in [6.07, 6.45) is 2.82. The molecule has 1 aromatic carbocycles. The number of H-pyrrole nitrogens is 1. The number of piperidine rings is 1. The number of nitrogens with zero attached hydrogens (tertiary/aromatic N) is 3. The van der Waals surface area contributed by atoms with E-state index in [1.807, 2.05) is 0 Å². The van der Waals surface area contributed by atoms with Gasteiger partial charge in [0.1, 0.15) is 24.3 Å². The number of ether oxygens (including phenoxy) is 1. The standard InChI is InChI=1S/C22H22ClF2N5O/c23-15-2-1-3-16(25)14(15)4-5-17-19-20(29-28-17)27-21(18(12-24)26-19)30-9-6-22(7-10-30)8-11-31-13-22/h1-3,21H,6-13H2,(H2,27,28,29). The first-order valence-corrected chi connectivity index (χ1v) is 10.7. The third-order valence-corrected chi connectivity index (χ3v) is 6.72. The van der Waals surface area contributed by atoms with Crippen molar-refractivity contribution in [2.75, 3.05) is 38.3 Å². The summed E-state index contributed by atoms with van der Waals surface area (Å²) in [5.41, 5.74) is 1.50. The highest BCUT2D eigenvalue weighted by Crippen LogP contribution is 2.40. The Labute approximate surface area is 184 Å². The van der Waals surface area contributed by atoms with Crippen molar-refractivity contribution >= 4 is 28.8 Å². The molecule has 31 heavy (non-hydrogen) atoms. The van der Waals surface area contributed by atoms with Crippen LogP contribution in [-0.2, 0) is 4.74 Å². The van der Waals surface area contributed by atoms with Crippen molar-refractivity contribution in [3.8, 4) is 11.8 Å². The molecule has 1 aromatic heterocycles.